The molecular weight excluding hydrogens is 284 g/mol. The highest BCUT2D eigenvalue weighted by atomic mass is 15.3. The zero-order valence-electron chi connectivity index (χ0n) is 14.9. The lowest BCUT2D eigenvalue weighted by molar-refractivity contribution is 0.271. The summed E-state index contributed by atoms with van der Waals surface area (Å²) in [6, 6.07) is 9.28. The van der Waals surface area contributed by atoms with E-state index in [-0.39, 0.29) is 6.04 Å². The van der Waals surface area contributed by atoms with Crippen LogP contribution >= 0.6 is 0 Å². The molecule has 0 amide bonds. The number of nitrogens with two attached hydrogens (primary N) is 1. The second-order valence-corrected chi connectivity index (χ2v) is 6.62. The Balaban J connectivity index is 1.72. The third-order valence-electron chi connectivity index (χ3n) is 4.79. The van der Waals surface area contributed by atoms with Crippen molar-refractivity contribution < 1.29 is 0 Å². The number of rotatable bonds is 9. The number of hydrogen-bond donors (Lipinski definition) is 2. The maximum absolute atomic E-state index is 6.10. The monoisotopic (exact) mass is 318 g/mol. The quantitative estimate of drug-likeness (QED) is 0.734. The Hall–Kier alpha value is -1.10. The lowest BCUT2D eigenvalue weighted by Crippen LogP contribution is -2.46. The van der Waals surface area contributed by atoms with E-state index in [0.29, 0.717) is 0 Å². The standard InChI is InChI=1S/C19H34N4/c1-3-5-6-18(20)16-21-15-17-7-9-19(10-8-17)23-13-11-22(4-2)12-14-23/h7-10,18,21H,3-6,11-16,20H2,1-2H3. The van der Waals surface area contributed by atoms with Gasteiger partial charge in [-0.1, -0.05) is 38.8 Å². The van der Waals surface area contributed by atoms with Crippen LogP contribution < -0.4 is 16.0 Å². The summed E-state index contributed by atoms with van der Waals surface area (Å²) in [4.78, 5) is 5.00. The first kappa shape index (κ1) is 18.2. The largest absolute Gasteiger partial charge is 0.369 e. The molecule has 4 nitrogen and oxygen atoms in total. The van der Waals surface area contributed by atoms with Crippen LogP contribution in [0.4, 0.5) is 5.69 Å². The molecule has 1 heterocycles. The highest BCUT2D eigenvalue weighted by Crippen LogP contribution is 2.17. The van der Waals surface area contributed by atoms with Gasteiger partial charge in [0, 0.05) is 51.0 Å². The van der Waals surface area contributed by atoms with Crippen LogP contribution in [0.5, 0.6) is 0 Å². The normalized spacial score (nSPS) is 17.4. The lowest BCUT2D eigenvalue weighted by atomic mass is 10.1. The van der Waals surface area contributed by atoms with Gasteiger partial charge in [0.2, 0.25) is 0 Å². The Morgan fingerprint density at radius 3 is 2.39 bits per heavy atom. The number of likely N-dealkylation sites (N-methyl/N-ethyl adjacent to an activating group) is 1. The molecule has 1 fully saturated rings. The highest BCUT2D eigenvalue weighted by Gasteiger charge is 2.15. The van der Waals surface area contributed by atoms with Crippen LogP contribution in [0.3, 0.4) is 0 Å². The third-order valence-corrected chi connectivity index (χ3v) is 4.79. The average Bonchev–Trinajstić information content (AvgIpc) is 2.60. The Morgan fingerprint density at radius 1 is 1.09 bits per heavy atom. The van der Waals surface area contributed by atoms with Crippen LogP contribution in [-0.4, -0.2) is 50.2 Å². The maximum Gasteiger partial charge on any atom is 0.0367 e. The van der Waals surface area contributed by atoms with E-state index in [1.165, 1.54) is 43.7 Å². The average molecular weight is 319 g/mol. The third kappa shape index (κ3) is 6.13. The minimum absolute atomic E-state index is 0.282. The van der Waals surface area contributed by atoms with E-state index in [4.69, 9.17) is 5.73 Å². The fourth-order valence-corrected chi connectivity index (χ4v) is 3.12. The summed E-state index contributed by atoms with van der Waals surface area (Å²) < 4.78 is 0. The summed E-state index contributed by atoms with van der Waals surface area (Å²) in [7, 11) is 0. The van der Waals surface area contributed by atoms with Gasteiger partial charge in [-0.2, -0.15) is 0 Å². The smallest absolute Gasteiger partial charge is 0.0367 e. The molecule has 1 atom stereocenters. The van der Waals surface area contributed by atoms with Gasteiger partial charge >= 0.3 is 0 Å². The predicted octanol–water partition coefficient (Wildman–Crippen LogP) is 2.44. The fraction of sp³-hybridized carbons (Fsp3) is 0.684. The Kier molecular flexibility index (Phi) is 7.86. The van der Waals surface area contributed by atoms with Crippen LogP contribution in [0.1, 0.15) is 38.7 Å². The number of anilines is 1. The zero-order valence-corrected chi connectivity index (χ0v) is 14.9. The molecule has 1 aromatic carbocycles. The molecule has 3 N–H and O–H groups in total. The maximum atomic E-state index is 6.10. The molecule has 1 unspecified atom stereocenters. The predicted molar refractivity (Wildman–Crippen MR) is 100.0 cm³/mol. The first-order valence-corrected chi connectivity index (χ1v) is 9.25. The summed E-state index contributed by atoms with van der Waals surface area (Å²) >= 11 is 0. The molecule has 0 bridgehead atoms. The van der Waals surface area contributed by atoms with Crippen LogP contribution in [-0.2, 0) is 6.54 Å². The van der Waals surface area contributed by atoms with E-state index in [9.17, 15) is 0 Å². The van der Waals surface area contributed by atoms with Gasteiger partial charge in [0.25, 0.3) is 0 Å². The van der Waals surface area contributed by atoms with Crippen molar-refractivity contribution in [2.45, 2.75) is 45.7 Å². The first-order chi connectivity index (χ1) is 11.2. The van der Waals surface area contributed by atoms with E-state index >= 15 is 0 Å². The number of benzene rings is 1. The number of piperazine rings is 1. The summed E-state index contributed by atoms with van der Waals surface area (Å²) in [6.07, 6.45) is 3.57. The minimum atomic E-state index is 0.282. The molecule has 0 aliphatic carbocycles. The van der Waals surface area contributed by atoms with Gasteiger partial charge in [-0.05, 0) is 30.7 Å². The van der Waals surface area contributed by atoms with Crippen molar-refractivity contribution in [3.05, 3.63) is 29.8 Å². The van der Waals surface area contributed by atoms with Crippen molar-refractivity contribution in [1.29, 1.82) is 0 Å². The van der Waals surface area contributed by atoms with Gasteiger partial charge in [0.15, 0.2) is 0 Å². The molecule has 23 heavy (non-hydrogen) atoms. The molecule has 1 aromatic rings. The molecule has 1 saturated heterocycles. The van der Waals surface area contributed by atoms with Gasteiger partial charge in [0.1, 0.15) is 0 Å². The molecule has 2 rings (SSSR count). The van der Waals surface area contributed by atoms with Crippen molar-refractivity contribution in [2.75, 3.05) is 44.2 Å². The number of unbranched alkanes of at least 4 members (excludes halogenated alkanes) is 1. The van der Waals surface area contributed by atoms with Crippen LogP contribution in [0.25, 0.3) is 0 Å². The Bertz CT molecular complexity index is 424. The second kappa shape index (κ2) is 9.91. The molecule has 1 aliphatic rings. The molecule has 0 spiro atoms. The van der Waals surface area contributed by atoms with Gasteiger partial charge in [-0.3, -0.25) is 0 Å². The summed E-state index contributed by atoms with van der Waals surface area (Å²) in [5, 5.41) is 3.48. The van der Waals surface area contributed by atoms with Crippen LogP contribution in [0.2, 0.25) is 0 Å². The number of nitrogens with one attached hydrogen (secondary N) is 1. The van der Waals surface area contributed by atoms with E-state index in [1.807, 2.05) is 0 Å². The van der Waals surface area contributed by atoms with Gasteiger partial charge in [-0.25, -0.2) is 0 Å². The lowest BCUT2D eigenvalue weighted by Gasteiger charge is -2.35. The molecular formula is C19H34N4. The van der Waals surface area contributed by atoms with Crippen LogP contribution in [0, 0.1) is 0 Å². The number of nitrogens with zero attached hydrogens (tertiary/aromatic N) is 2. The van der Waals surface area contributed by atoms with E-state index in [2.05, 4.69) is 53.2 Å². The topological polar surface area (TPSA) is 44.5 Å². The Morgan fingerprint density at radius 2 is 1.78 bits per heavy atom. The van der Waals surface area contributed by atoms with Crippen molar-refractivity contribution in [3.8, 4) is 0 Å². The van der Waals surface area contributed by atoms with Crippen molar-refractivity contribution >= 4 is 5.69 Å². The molecule has 0 saturated carbocycles. The second-order valence-electron chi connectivity index (χ2n) is 6.62. The molecule has 0 radical (unpaired) electrons. The molecule has 0 aromatic heterocycles. The van der Waals surface area contributed by atoms with E-state index < -0.39 is 0 Å². The molecule has 1 aliphatic heterocycles. The summed E-state index contributed by atoms with van der Waals surface area (Å²) in [6.45, 7) is 12.1. The fourth-order valence-electron chi connectivity index (χ4n) is 3.12. The highest BCUT2D eigenvalue weighted by molar-refractivity contribution is 5.48. The number of hydrogen-bond acceptors (Lipinski definition) is 4. The van der Waals surface area contributed by atoms with Gasteiger partial charge in [-0.15, -0.1) is 0 Å². The summed E-state index contributed by atoms with van der Waals surface area (Å²) in [5.41, 5.74) is 8.78. The van der Waals surface area contributed by atoms with Crippen molar-refractivity contribution in [2.24, 2.45) is 5.73 Å². The molecule has 4 heteroatoms. The van der Waals surface area contributed by atoms with Gasteiger partial charge < -0.3 is 20.9 Å². The minimum Gasteiger partial charge on any atom is -0.369 e. The van der Waals surface area contributed by atoms with Gasteiger partial charge in [0.05, 0.1) is 0 Å². The first-order valence-electron chi connectivity index (χ1n) is 9.25. The zero-order chi connectivity index (χ0) is 16.5. The van der Waals surface area contributed by atoms with Crippen molar-refractivity contribution in [3.63, 3.8) is 0 Å². The summed E-state index contributed by atoms with van der Waals surface area (Å²) in [5.74, 6) is 0. The van der Waals surface area contributed by atoms with Crippen molar-refractivity contribution in [1.82, 2.24) is 10.2 Å². The SMILES string of the molecule is CCCCC(N)CNCc1ccc(N2CCN(CC)CC2)cc1. The molecule has 130 valence electrons. The Labute approximate surface area is 142 Å². The van der Waals surface area contributed by atoms with E-state index in [0.717, 1.165) is 32.6 Å². The van der Waals surface area contributed by atoms with E-state index in [1.54, 1.807) is 0 Å². The van der Waals surface area contributed by atoms with Crippen LogP contribution in [0.15, 0.2) is 24.3 Å².